The van der Waals surface area contributed by atoms with Crippen molar-refractivity contribution in [2.45, 2.75) is 46.1 Å². The molecule has 1 unspecified atom stereocenters. The summed E-state index contributed by atoms with van der Waals surface area (Å²) in [6.45, 7) is 4.51. The molecule has 1 aromatic carbocycles. The van der Waals surface area contributed by atoms with Crippen molar-refractivity contribution in [2.24, 2.45) is 5.92 Å². The number of hydrogen-bond donors (Lipinski definition) is 2. The Kier molecular flexibility index (Phi) is 8.11. The molecule has 4 heteroatoms. The lowest BCUT2D eigenvalue weighted by Gasteiger charge is -2.12. The van der Waals surface area contributed by atoms with E-state index in [1.165, 1.54) is 7.11 Å². The zero-order valence-corrected chi connectivity index (χ0v) is 13.8. The van der Waals surface area contributed by atoms with Gasteiger partial charge in [0.25, 0.3) is 0 Å². The van der Waals surface area contributed by atoms with Crippen molar-refractivity contribution >= 4 is 5.91 Å². The third-order valence-electron chi connectivity index (χ3n) is 3.57. The van der Waals surface area contributed by atoms with E-state index >= 15 is 0 Å². The average Bonchev–Trinajstić information content (AvgIpc) is 2.53. The minimum atomic E-state index is 0.00837. The maximum Gasteiger partial charge on any atom is 0.223 e. The molecule has 1 aromatic rings. The second-order valence-corrected chi connectivity index (χ2v) is 5.44. The van der Waals surface area contributed by atoms with Gasteiger partial charge in [0.15, 0.2) is 11.5 Å². The first-order chi connectivity index (χ1) is 10.6. The lowest BCUT2D eigenvalue weighted by molar-refractivity contribution is -0.124. The quantitative estimate of drug-likeness (QED) is 0.539. The number of hydrogen-bond acceptors (Lipinski definition) is 3. The molecular weight excluding hydrogens is 278 g/mol. The number of amides is 1. The number of unbranched alkanes of at least 4 members (excludes halogenated alkanes) is 1. The van der Waals surface area contributed by atoms with Crippen LogP contribution in [0.1, 0.15) is 45.1 Å². The molecule has 22 heavy (non-hydrogen) atoms. The second kappa shape index (κ2) is 9.87. The largest absolute Gasteiger partial charge is 0.504 e. The summed E-state index contributed by atoms with van der Waals surface area (Å²) in [5, 5.41) is 12.5. The van der Waals surface area contributed by atoms with Crippen LogP contribution >= 0.6 is 0 Å². The van der Waals surface area contributed by atoms with Gasteiger partial charge in [-0.15, -0.1) is 0 Å². The minimum absolute atomic E-state index is 0.00837. The van der Waals surface area contributed by atoms with Crippen LogP contribution in [0.4, 0.5) is 0 Å². The van der Waals surface area contributed by atoms with Gasteiger partial charge in [-0.05, 0) is 43.4 Å². The molecule has 0 aromatic heterocycles. The number of nitrogens with one attached hydrogen (secondary N) is 1. The van der Waals surface area contributed by atoms with Crippen LogP contribution in [0.5, 0.6) is 11.5 Å². The van der Waals surface area contributed by atoms with Crippen LogP contribution in [0, 0.1) is 5.92 Å². The number of carbonyl (C=O) groups is 1. The summed E-state index contributed by atoms with van der Waals surface area (Å²) >= 11 is 0. The van der Waals surface area contributed by atoms with Crippen molar-refractivity contribution in [1.29, 1.82) is 0 Å². The number of phenolic OH excluding ortho intramolecular Hbond substituents is 1. The van der Waals surface area contributed by atoms with Crippen LogP contribution in [-0.4, -0.2) is 18.1 Å². The first-order valence-corrected chi connectivity index (χ1v) is 7.87. The van der Waals surface area contributed by atoms with Gasteiger partial charge in [0.2, 0.25) is 5.91 Å². The molecular formula is C18H27NO3. The minimum Gasteiger partial charge on any atom is -0.504 e. The smallest absolute Gasteiger partial charge is 0.223 e. The third-order valence-corrected chi connectivity index (χ3v) is 3.57. The van der Waals surface area contributed by atoms with Crippen LogP contribution in [0.25, 0.3) is 0 Å². The Bertz CT molecular complexity index is 497. The van der Waals surface area contributed by atoms with Crippen molar-refractivity contribution in [3.8, 4) is 11.5 Å². The van der Waals surface area contributed by atoms with E-state index in [-0.39, 0.29) is 17.6 Å². The zero-order chi connectivity index (χ0) is 16.4. The SMILES string of the molecule is CCC=CCCCC(C)C(=O)NCc1ccc(O)c(OC)c1. The molecule has 0 saturated heterocycles. The molecule has 1 rings (SSSR count). The fourth-order valence-electron chi connectivity index (χ4n) is 2.15. The van der Waals surface area contributed by atoms with Gasteiger partial charge in [-0.1, -0.05) is 32.1 Å². The average molecular weight is 305 g/mol. The summed E-state index contributed by atoms with van der Waals surface area (Å²) in [5.74, 6) is 0.592. The van der Waals surface area contributed by atoms with Gasteiger partial charge in [0.1, 0.15) is 0 Å². The molecule has 0 bridgehead atoms. The number of allylic oxidation sites excluding steroid dienone is 2. The van der Waals surface area contributed by atoms with Crippen LogP contribution in [0.2, 0.25) is 0 Å². The lowest BCUT2D eigenvalue weighted by Crippen LogP contribution is -2.28. The van der Waals surface area contributed by atoms with E-state index in [0.717, 1.165) is 31.2 Å². The van der Waals surface area contributed by atoms with Gasteiger partial charge in [-0.3, -0.25) is 4.79 Å². The van der Waals surface area contributed by atoms with Crippen LogP contribution in [0.3, 0.4) is 0 Å². The lowest BCUT2D eigenvalue weighted by atomic mass is 10.0. The van der Waals surface area contributed by atoms with E-state index in [1.807, 2.05) is 6.92 Å². The Morgan fingerprint density at radius 1 is 1.41 bits per heavy atom. The van der Waals surface area contributed by atoms with Gasteiger partial charge in [-0.2, -0.15) is 0 Å². The maximum atomic E-state index is 12.0. The number of phenols is 1. The molecule has 0 heterocycles. The summed E-state index contributed by atoms with van der Waals surface area (Å²) in [4.78, 5) is 12.0. The van der Waals surface area contributed by atoms with Crippen molar-refractivity contribution in [1.82, 2.24) is 5.32 Å². The zero-order valence-electron chi connectivity index (χ0n) is 13.8. The Balaban J connectivity index is 2.37. The number of rotatable bonds is 9. The number of carbonyl (C=O) groups excluding carboxylic acids is 1. The van der Waals surface area contributed by atoms with E-state index < -0.39 is 0 Å². The highest BCUT2D eigenvalue weighted by Gasteiger charge is 2.12. The van der Waals surface area contributed by atoms with Crippen LogP contribution in [0.15, 0.2) is 30.4 Å². The fourth-order valence-corrected chi connectivity index (χ4v) is 2.15. The van der Waals surface area contributed by atoms with Gasteiger partial charge >= 0.3 is 0 Å². The Morgan fingerprint density at radius 2 is 2.18 bits per heavy atom. The molecule has 4 nitrogen and oxygen atoms in total. The highest BCUT2D eigenvalue weighted by Crippen LogP contribution is 2.26. The molecule has 122 valence electrons. The van der Waals surface area contributed by atoms with E-state index in [0.29, 0.717) is 12.3 Å². The fraction of sp³-hybridized carbons (Fsp3) is 0.500. The number of ether oxygens (including phenoxy) is 1. The molecule has 0 aliphatic carbocycles. The predicted octanol–water partition coefficient (Wildman–Crippen LogP) is 3.79. The molecule has 1 atom stereocenters. The first kappa shape index (κ1) is 18.1. The van der Waals surface area contributed by atoms with Crippen molar-refractivity contribution < 1.29 is 14.6 Å². The topological polar surface area (TPSA) is 58.6 Å². The number of methoxy groups -OCH3 is 1. The Labute approximate surface area is 133 Å². The number of aromatic hydroxyl groups is 1. The normalized spacial score (nSPS) is 12.3. The summed E-state index contributed by atoms with van der Waals surface area (Å²) < 4.78 is 5.06. The van der Waals surface area contributed by atoms with Crippen molar-refractivity contribution in [3.05, 3.63) is 35.9 Å². The summed E-state index contributed by atoms with van der Waals surface area (Å²) in [6, 6.07) is 5.08. The molecule has 0 fully saturated rings. The highest BCUT2D eigenvalue weighted by atomic mass is 16.5. The molecule has 0 aliphatic heterocycles. The highest BCUT2D eigenvalue weighted by molar-refractivity contribution is 5.78. The van der Waals surface area contributed by atoms with E-state index in [4.69, 9.17) is 4.74 Å². The Hall–Kier alpha value is -1.97. The third kappa shape index (κ3) is 6.20. The van der Waals surface area contributed by atoms with Crippen molar-refractivity contribution in [2.75, 3.05) is 7.11 Å². The summed E-state index contributed by atoms with van der Waals surface area (Å²) in [7, 11) is 1.51. The van der Waals surface area contributed by atoms with Crippen LogP contribution in [-0.2, 0) is 11.3 Å². The summed E-state index contributed by atoms with van der Waals surface area (Å²) in [5.41, 5.74) is 0.904. The molecule has 1 amide bonds. The second-order valence-electron chi connectivity index (χ2n) is 5.44. The molecule has 0 radical (unpaired) electrons. The van der Waals surface area contributed by atoms with Gasteiger partial charge in [0.05, 0.1) is 7.11 Å². The van der Waals surface area contributed by atoms with E-state index in [9.17, 15) is 9.90 Å². The monoisotopic (exact) mass is 305 g/mol. The van der Waals surface area contributed by atoms with E-state index in [2.05, 4.69) is 24.4 Å². The molecule has 2 N–H and O–H groups in total. The molecule has 0 aliphatic rings. The molecule has 0 spiro atoms. The van der Waals surface area contributed by atoms with E-state index in [1.54, 1.807) is 18.2 Å². The molecule has 0 saturated carbocycles. The van der Waals surface area contributed by atoms with Crippen LogP contribution < -0.4 is 10.1 Å². The summed E-state index contributed by atoms with van der Waals surface area (Å²) in [6.07, 6.45) is 8.33. The predicted molar refractivity (Wildman–Crippen MR) is 89.0 cm³/mol. The van der Waals surface area contributed by atoms with Gasteiger partial charge in [0, 0.05) is 12.5 Å². The maximum absolute atomic E-state index is 12.0. The van der Waals surface area contributed by atoms with Gasteiger partial charge in [-0.25, -0.2) is 0 Å². The standard InChI is InChI=1S/C18H27NO3/c1-4-5-6-7-8-9-14(2)18(21)19-13-15-10-11-16(20)17(12-15)22-3/h5-6,10-12,14,20H,4,7-9,13H2,1-3H3,(H,19,21). The van der Waals surface area contributed by atoms with Crippen molar-refractivity contribution in [3.63, 3.8) is 0 Å². The first-order valence-electron chi connectivity index (χ1n) is 7.87. The number of benzene rings is 1. The van der Waals surface area contributed by atoms with Gasteiger partial charge < -0.3 is 15.2 Å². The Morgan fingerprint density at radius 3 is 2.86 bits per heavy atom.